The molecule has 0 amide bonds. The molecule has 4 nitrogen and oxygen atoms in total. The maximum absolute atomic E-state index is 11.2. The molecule has 0 spiro atoms. The van der Waals surface area contributed by atoms with Crippen molar-refractivity contribution in [2.24, 2.45) is 0 Å². The van der Waals surface area contributed by atoms with Crippen molar-refractivity contribution in [1.29, 1.82) is 0 Å². The minimum Gasteiger partial charge on any atom is -0.442 e. The van der Waals surface area contributed by atoms with Crippen LogP contribution in [0.15, 0.2) is 12.3 Å². The number of hydrogen-bond acceptors (Lipinski definition) is 3. The molecule has 0 saturated carbocycles. The van der Waals surface area contributed by atoms with Gasteiger partial charge >= 0.3 is 6.09 Å². The van der Waals surface area contributed by atoms with Crippen molar-refractivity contribution in [3.63, 3.8) is 0 Å². The van der Waals surface area contributed by atoms with Crippen LogP contribution in [0.25, 0.3) is 0 Å². The highest BCUT2D eigenvalue weighted by atomic mass is 16.6. The molecule has 0 fully saturated rings. The van der Waals surface area contributed by atoms with Gasteiger partial charge in [-0.1, -0.05) is 0 Å². The summed E-state index contributed by atoms with van der Waals surface area (Å²) in [5.41, 5.74) is -0.489. The molecule has 1 rings (SSSR count). The second-order valence-corrected chi connectivity index (χ2v) is 3.35. The van der Waals surface area contributed by atoms with E-state index in [0.717, 1.165) is 4.68 Å². The smallest absolute Gasteiger partial charge is 0.435 e. The number of aromatic nitrogens is 2. The van der Waals surface area contributed by atoms with Crippen molar-refractivity contribution in [1.82, 2.24) is 9.78 Å². The Morgan fingerprint density at radius 2 is 2.25 bits per heavy atom. The van der Waals surface area contributed by atoms with Gasteiger partial charge in [0.2, 0.25) is 0 Å². The predicted molar refractivity (Wildman–Crippen MR) is 42.7 cm³/mol. The molecular formula is C8H11N2O2. The van der Waals surface area contributed by atoms with E-state index in [0.29, 0.717) is 0 Å². The van der Waals surface area contributed by atoms with Gasteiger partial charge in [0.15, 0.2) is 0 Å². The number of carbonyl (C=O) groups excluding carboxylic acids is 1. The fraction of sp³-hybridized carbons (Fsp3) is 0.500. The first-order chi connectivity index (χ1) is 5.49. The van der Waals surface area contributed by atoms with E-state index >= 15 is 0 Å². The lowest BCUT2D eigenvalue weighted by atomic mass is 10.2. The van der Waals surface area contributed by atoms with Gasteiger partial charge in [-0.15, -0.1) is 0 Å². The quantitative estimate of drug-likeness (QED) is 0.587. The Hall–Kier alpha value is -1.32. The highest BCUT2D eigenvalue weighted by Crippen LogP contribution is 2.07. The molecule has 12 heavy (non-hydrogen) atoms. The normalized spacial score (nSPS) is 11.2. The van der Waals surface area contributed by atoms with Crippen LogP contribution in [-0.2, 0) is 4.74 Å². The van der Waals surface area contributed by atoms with Crippen LogP contribution >= 0.6 is 0 Å². The third-order valence-electron chi connectivity index (χ3n) is 1.02. The second kappa shape index (κ2) is 2.97. The van der Waals surface area contributed by atoms with Crippen molar-refractivity contribution in [3.8, 4) is 0 Å². The number of rotatable bonds is 0. The molecule has 0 aliphatic rings. The minimum atomic E-state index is -0.507. The zero-order valence-corrected chi connectivity index (χ0v) is 7.37. The molecule has 0 bridgehead atoms. The summed E-state index contributed by atoms with van der Waals surface area (Å²) in [6.45, 7) is 5.40. The Bertz CT molecular complexity index is 259. The van der Waals surface area contributed by atoms with Gasteiger partial charge in [0.1, 0.15) is 5.60 Å². The monoisotopic (exact) mass is 167 g/mol. The first-order valence-electron chi connectivity index (χ1n) is 3.64. The molecule has 1 heterocycles. The van der Waals surface area contributed by atoms with Crippen LogP contribution in [0.3, 0.4) is 0 Å². The van der Waals surface area contributed by atoms with E-state index in [1.807, 2.05) is 0 Å². The van der Waals surface area contributed by atoms with E-state index in [-0.39, 0.29) is 0 Å². The van der Waals surface area contributed by atoms with Gasteiger partial charge in [0.05, 0.1) is 12.4 Å². The number of nitrogens with zero attached hydrogens (tertiary/aromatic N) is 2. The van der Waals surface area contributed by atoms with E-state index in [4.69, 9.17) is 4.74 Å². The molecule has 0 aliphatic heterocycles. The molecule has 0 N–H and O–H groups in total. The summed E-state index contributed by atoms with van der Waals surface area (Å²) in [6.07, 6.45) is 3.56. The summed E-state index contributed by atoms with van der Waals surface area (Å²) in [7, 11) is 0. The van der Waals surface area contributed by atoms with Gasteiger partial charge in [0.25, 0.3) is 0 Å². The van der Waals surface area contributed by atoms with E-state index in [1.165, 1.54) is 6.20 Å². The second-order valence-electron chi connectivity index (χ2n) is 3.35. The van der Waals surface area contributed by atoms with Crippen LogP contribution in [0.5, 0.6) is 0 Å². The Morgan fingerprint density at radius 1 is 1.58 bits per heavy atom. The van der Waals surface area contributed by atoms with E-state index < -0.39 is 11.7 Å². The standard InChI is InChI=1S/C8H11N2O2/c1-8(2,3)12-7(11)10-6-4-5-9-10/h4-5H,1-3H3. The lowest BCUT2D eigenvalue weighted by Gasteiger charge is -2.18. The molecule has 65 valence electrons. The van der Waals surface area contributed by atoms with Crippen LogP contribution in [0.2, 0.25) is 0 Å². The first kappa shape index (κ1) is 8.77. The highest BCUT2D eigenvalue weighted by Gasteiger charge is 2.17. The van der Waals surface area contributed by atoms with Crippen LogP contribution in [0.1, 0.15) is 20.8 Å². The number of carbonyl (C=O) groups is 1. The van der Waals surface area contributed by atoms with E-state index in [9.17, 15) is 4.79 Å². The molecule has 0 unspecified atom stereocenters. The Kier molecular flexibility index (Phi) is 2.17. The molecular weight excluding hydrogens is 156 g/mol. The Balaban J connectivity index is 2.63. The SMILES string of the molecule is CC(C)(C)OC(=O)n1[c]ccn1. The molecule has 1 aromatic rings. The van der Waals surface area contributed by atoms with Gasteiger partial charge in [-0.3, -0.25) is 0 Å². The van der Waals surface area contributed by atoms with Gasteiger partial charge in [-0.05, 0) is 26.8 Å². The summed E-state index contributed by atoms with van der Waals surface area (Å²) >= 11 is 0. The van der Waals surface area contributed by atoms with Crippen molar-refractivity contribution >= 4 is 6.09 Å². The van der Waals surface area contributed by atoms with Crippen LogP contribution < -0.4 is 0 Å². The van der Waals surface area contributed by atoms with E-state index in [1.54, 1.807) is 26.8 Å². The molecule has 0 saturated heterocycles. The van der Waals surface area contributed by atoms with Crippen molar-refractivity contribution in [3.05, 3.63) is 18.5 Å². The number of ether oxygens (including phenoxy) is 1. The lowest BCUT2D eigenvalue weighted by Crippen LogP contribution is -2.27. The maximum atomic E-state index is 11.2. The molecule has 1 aromatic heterocycles. The third-order valence-corrected chi connectivity index (χ3v) is 1.02. The summed E-state index contributed by atoms with van der Waals surface area (Å²) in [5, 5.41) is 3.69. The lowest BCUT2D eigenvalue weighted by molar-refractivity contribution is 0.0513. The number of hydrogen-bond donors (Lipinski definition) is 0. The summed E-state index contributed by atoms with van der Waals surface area (Å²) in [4.78, 5) is 11.2. The zero-order valence-electron chi connectivity index (χ0n) is 7.37. The Labute approximate surface area is 71.1 Å². The predicted octanol–water partition coefficient (Wildman–Crippen LogP) is 1.47. The molecule has 0 aliphatic carbocycles. The van der Waals surface area contributed by atoms with Gasteiger partial charge in [0, 0.05) is 0 Å². The van der Waals surface area contributed by atoms with Crippen LogP contribution in [0.4, 0.5) is 4.79 Å². The molecule has 0 aromatic carbocycles. The first-order valence-corrected chi connectivity index (χ1v) is 3.64. The summed E-state index contributed by atoms with van der Waals surface area (Å²) in [6, 6.07) is 1.55. The van der Waals surface area contributed by atoms with E-state index in [2.05, 4.69) is 11.3 Å². The van der Waals surface area contributed by atoms with Gasteiger partial charge < -0.3 is 4.74 Å². The largest absolute Gasteiger partial charge is 0.442 e. The average Bonchev–Trinajstić information content (AvgIpc) is 2.32. The highest BCUT2D eigenvalue weighted by molar-refractivity contribution is 5.69. The van der Waals surface area contributed by atoms with Crippen molar-refractivity contribution in [2.45, 2.75) is 26.4 Å². The maximum Gasteiger partial charge on any atom is 0.435 e. The molecule has 4 heteroatoms. The van der Waals surface area contributed by atoms with Crippen molar-refractivity contribution in [2.75, 3.05) is 0 Å². The van der Waals surface area contributed by atoms with Crippen molar-refractivity contribution < 1.29 is 9.53 Å². The topological polar surface area (TPSA) is 44.1 Å². The van der Waals surface area contributed by atoms with Gasteiger partial charge in [-0.2, -0.15) is 9.78 Å². The average molecular weight is 167 g/mol. The molecule has 1 radical (unpaired) electrons. The fourth-order valence-corrected chi connectivity index (χ4v) is 0.642. The fourth-order valence-electron chi connectivity index (χ4n) is 0.642. The third kappa shape index (κ3) is 2.38. The minimum absolute atomic E-state index is 0.489. The van der Waals surface area contributed by atoms with Gasteiger partial charge in [-0.25, -0.2) is 4.79 Å². The zero-order chi connectivity index (χ0) is 9.19. The van der Waals surface area contributed by atoms with Crippen LogP contribution in [0, 0.1) is 6.20 Å². The summed E-state index contributed by atoms with van der Waals surface area (Å²) in [5.74, 6) is 0. The Morgan fingerprint density at radius 3 is 2.67 bits per heavy atom. The van der Waals surface area contributed by atoms with Crippen LogP contribution in [-0.4, -0.2) is 21.5 Å². The summed E-state index contributed by atoms with van der Waals surface area (Å²) < 4.78 is 6.05. The molecule has 0 atom stereocenters.